The van der Waals surface area contributed by atoms with Crippen molar-refractivity contribution in [2.75, 3.05) is 0 Å². The van der Waals surface area contributed by atoms with Crippen LogP contribution < -0.4 is 0 Å². The van der Waals surface area contributed by atoms with Crippen molar-refractivity contribution in [2.45, 2.75) is 89.9 Å². The fourth-order valence-corrected chi connectivity index (χ4v) is 8.07. The van der Waals surface area contributed by atoms with Crippen molar-refractivity contribution in [3.8, 4) is 0 Å². The van der Waals surface area contributed by atoms with Gasteiger partial charge in [0.05, 0.1) is 0 Å². The summed E-state index contributed by atoms with van der Waals surface area (Å²) >= 11 is 0. The van der Waals surface area contributed by atoms with Crippen LogP contribution in [0.4, 0.5) is 0 Å². The van der Waals surface area contributed by atoms with E-state index in [2.05, 4.69) is 0 Å². The maximum Gasteiger partial charge on any atom is -0.0380 e. The first-order valence-corrected chi connectivity index (χ1v) is 10.9. The molecule has 0 N–H and O–H groups in total. The van der Waals surface area contributed by atoms with Crippen molar-refractivity contribution in [1.29, 1.82) is 0 Å². The normalized spacial score (nSPS) is 54.5. The van der Waals surface area contributed by atoms with Gasteiger partial charge in [-0.3, -0.25) is 0 Å². The molecule has 0 heterocycles. The molecular formula is C22H36. The highest BCUT2D eigenvalue weighted by atomic mass is 14.5. The van der Waals surface area contributed by atoms with Gasteiger partial charge in [-0.15, -0.1) is 0 Å². The number of hydrogen-bond donors (Lipinski definition) is 0. The summed E-state index contributed by atoms with van der Waals surface area (Å²) in [6, 6.07) is 0. The van der Waals surface area contributed by atoms with Crippen molar-refractivity contribution in [2.24, 2.45) is 47.3 Å². The lowest BCUT2D eigenvalue weighted by atomic mass is 9.54. The van der Waals surface area contributed by atoms with Gasteiger partial charge in [0.25, 0.3) is 0 Å². The molecule has 0 bridgehead atoms. The molecule has 5 aliphatic rings. The molecule has 0 aliphatic heterocycles. The van der Waals surface area contributed by atoms with E-state index in [1.807, 2.05) is 0 Å². The zero-order chi connectivity index (χ0) is 14.5. The van der Waals surface area contributed by atoms with Crippen LogP contribution in [-0.4, -0.2) is 0 Å². The number of hydrogen-bond acceptors (Lipinski definition) is 0. The zero-order valence-electron chi connectivity index (χ0n) is 14.5. The van der Waals surface area contributed by atoms with Crippen LogP contribution in [0.15, 0.2) is 0 Å². The van der Waals surface area contributed by atoms with E-state index in [0.29, 0.717) is 0 Å². The fraction of sp³-hybridized carbons (Fsp3) is 1.00. The third-order valence-corrected chi connectivity index (χ3v) is 9.10. The predicted molar refractivity (Wildman–Crippen MR) is 92.6 cm³/mol. The summed E-state index contributed by atoms with van der Waals surface area (Å²) in [5, 5.41) is 0. The van der Waals surface area contributed by atoms with Crippen LogP contribution in [0.2, 0.25) is 0 Å². The molecule has 0 amide bonds. The number of rotatable bonds is 0. The predicted octanol–water partition coefficient (Wildman–Crippen LogP) is 6.45. The molecule has 8 unspecified atom stereocenters. The summed E-state index contributed by atoms with van der Waals surface area (Å²) in [4.78, 5) is 0. The molecule has 0 aromatic rings. The molecule has 5 rings (SSSR count). The van der Waals surface area contributed by atoms with E-state index in [9.17, 15) is 0 Å². The fourth-order valence-electron chi connectivity index (χ4n) is 8.07. The third kappa shape index (κ3) is 2.48. The molecule has 5 fully saturated rings. The second-order valence-electron chi connectivity index (χ2n) is 10.1. The minimum atomic E-state index is 1.14. The van der Waals surface area contributed by atoms with Crippen molar-refractivity contribution >= 4 is 0 Å². The summed E-state index contributed by atoms with van der Waals surface area (Å²) in [5.74, 6) is 9.22. The lowest BCUT2D eigenvalue weighted by Gasteiger charge is -2.51. The quantitative estimate of drug-likeness (QED) is 0.482. The maximum atomic E-state index is 1.65. The Kier molecular flexibility index (Phi) is 3.79. The Morgan fingerprint density at radius 3 is 1.00 bits per heavy atom. The highest BCUT2D eigenvalue weighted by Crippen LogP contribution is 2.57. The standard InChI is InChI=1S/C22H36/c1-2-5-15-9-19-13-21-11-17-7-4-8-18(17)12-22(21)14-20(19)10-16(15)6-3-1/h15-22H,1-14H2. The van der Waals surface area contributed by atoms with Crippen LogP contribution >= 0.6 is 0 Å². The third-order valence-electron chi connectivity index (χ3n) is 9.10. The van der Waals surface area contributed by atoms with E-state index in [1.54, 1.807) is 83.5 Å². The van der Waals surface area contributed by atoms with E-state index in [0.717, 1.165) is 47.3 Å². The molecule has 5 aliphatic carbocycles. The van der Waals surface area contributed by atoms with Crippen molar-refractivity contribution < 1.29 is 0 Å². The van der Waals surface area contributed by atoms with Gasteiger partial charge in [0.1, 0.15) is 0 Å². The molecule has 0 heteroatoms. The molecular weight excluding hydrogens is 264 g/mol. The molecule has 0 spiro atoms. The summed E-state index contributed by atoms with van der Waals surface area (Å²) in [6.07, 6.45) is 22.5. The minimum Gasteiger partial charge on any atom is -0.0533 e. The molecule has 0 nitrogen and oxygen atoms in total. The smallest absolute Gasteiger partial charge is 0.0380 e. The van der Waals surface area contributed by atoms with Gasteiger partial charge in [-0.25, -0.2) is 0 Å². The van der Waals surface area contributed by atoms with E-state index in [4.69, 9.17) is 0 Å². The van der Waals surface area contributed by atoms with Crippen LogP contribution in [0.1, 0.15) is 89.9 Å². The summed E-state index contributed by atoms with van der Waals surface area (Å²) in [5.41, 5.74) is 0. The first-order valence-electron chi connectivity index (χ1n) is 10.9. The van der Waals surface area contributed by atoms with E-state index >= 15 is 0 Å². The van der Waals surface area contributed by atoms with E-state index in [1.165, 1.54) is 6.42 Å². The zero-order valence-corrected chi connectivity index (χ0v) is 14.5. The van der Waals surface area contributed by atoms with Crippen molar-refractivity contribution in [3.05, 3.63) is 0 Å². The Hall–Kier alpha value is 0. The topological polar surface area (TPSA) is 0 Å². The van der Waals surface area contributed by atoms with Crippen molar-refractivity contribution in [3.63, 3.8) is 0 Å². The van der Waals surface area contributed by atoms with E-state index in [-0.39, 0.29) is 0 Å². The monoisotopic (exact) mass is 300 g/mol. The van der Waals surface area contributed by atoms with Crippen LogP contribution in [0.25, 0.3) is 0 Å². The summed E-state index contributed by atoms with van der Waals surface area (Å²) < 4.78 is 0. The molecule has 0 radical (unpaired) electrons. The van der Waals surface area contributed by atoms with Gasteiger partial charge >= 0.3 is 0 Å². The van der Waals surface area contributed by atoms with Gasteiger partial charge in [0.15, 0.2) is 0 Å². The largest absolute Gasteiger partial charge is 0.0533 e. The van der Waals surface area contributed by atoms with Crippen LogP contribution in [0.3, 0.4) is 0 Å². The highest BCUT2D eigenvalue weighted by Gasteiger charge is 2.47. The molecule has 5 saturated carbocycles. The Labute approximate surface area is 137 Å². The van der Waals surface area contributed by atoms with Gasteiger partial charge in [0.2, 0.25) is 0 Å². The number of fused-ring (bicyclic) bond motifs is 4. The second kappa shape index (κ2) is 5.82. The minimum absolute atomic E-state index is 1.14. The summed E-state index contributed by atoms with van der Waals surface area (Å²) in [6.45, 7) is 0. The van der Waals surface area contributed by atoms with Crippen LogP contribution in [0.5, 0.6) is 0 Å². The van der Waals surface area contributed by atoms with Crippen LogP contribution in [0, 0.1) is 47.3 Å². The van der Waals surface area contributed by atoms with Gasteiger partial charge in [-0.2, -0.15) is 0 Å². The van der Waals surface area contributed by atoms with Crippen LogP contribution in [-0.2, 0) is 0 Å². The first-order chi connectivity index (χ1) is 10.9. The Balaban J connectivity index is 1.30. The van der Waals surface area contributed by atoms with Gasteiger partial charge in [-0.1, -0.05) is 51.4 Å². The molecule has 0 aromatic heterocycles. The van der Waals surface area contributed by atoms with Gasteiger partial charge < -0.3 is 0 Å². The Morgan fingerprint density at radius 1 is 0.273 bits per heavy atom. The molecule has 0 aromatic carbocycles. The molecule has 22 heavy (non-hydrogen) atoms. The van der Waals surface area contributed by atoms with Gasteiger partial charge in [-0.05, 0) is 85.9 Å². The Morgan fingerprint density at radius 2 is 0.591 bits per heavy atom. The average Bonchev–Trinajstić information content (AvgIpc) is 2.85. The second-order valence-corrected chi connectivity index (χ2v) is 10.1. The lowest BCUT2D eigenvalue weighted by molar-refractivity contribution is -0.0137. The Bertz CT molecular complexity index is 363. The highest BCUT2D eigenvalue weighted by molar-refractivity contribution is 4.98. The lowest BCUT2D eigenvalue weighted by Crippen LogP contribution is -2.42. The first kappa shape index (κ1) is 14.4. The summed E-state index contributed by atoms with van der Waals surface area (Å²) in [7, 11) is 0. The average molecular weight is 301 g/mol. The van der Waals surface area contributed by atoms with Gasteiger partial charge in [0, 0.05) is 0 Å². The molecule has 124 valence electrons. The maximum absolute atomic E-state index is 1.65. The van der Waals surface area contributed by atoms with Crippen molar-refractivity contribution in [1.82, 2.24) is 0 Å². The van der Waals surface area contributed by atoms with E-state index < -0.39 is 0 Å². The molecule has 8 atom stereocenters. The molecule has 0 saturated heterocycles. The SMILES string of the molecule is C1CCC2CC3CC4CC5CCCC5CC4CC3CC2CC1.